The molecule has 0 heteroatoms. The van der Waals surface area contributed by atoms with E-state index in [1.807, 2.05) is 49.4 Å². The van der Waals surface area contributed by atoms with Gasteiger partial charge in [0, 0.05) is 6.42 Å². The van der Waals surface area contributed by atoms with Crippen molar-refractivity contribution in [1.29, 1.82) is 0 Å². The third-order valence-electron chi connectivity index (χ3n) is 2.73. The SMILES string of the molecule is CC#C/C(C#CCc1ccccc1)=C\c1ccccc1. The van der Waals surface area contributed by atoms with Gasteiger partial charge in [0.1, 0.15) is 0 Å². The molecule has 0 aliphatic heterocycles. The molecule has 2 rings (SSSR count). The van der Waals surface area contributed by atoms with E-state index in [4.69, 9.17) is 0 Å². The van der Waals surface area contributed by atoms with E-state index in [0.717, 1.165) is 17.6 Å². The summed E-state index contributed by atoms with van der Waals surface area (Å²) in [6.45, 7) is 1.83. The van der Waals surface area contributed by atoms with Crippen LogP contribution in [0.3, 0.4) is 0 Å². The molecule has 0 aliphatic rings. The summed E-state index contributed by atoms with van der Waals surface area (Å²) in [6.07, 6.45) is 2.77. The minimum Gasteiger partial charge on any atom is -0.101 e. The lowest BCUT2D eigenvalue weighted by atomic mass is 10.1. The normalized spacial score (nSPS) is 9.95. The molecule has 0 amide bonds. The van der Waals surface area contributed by atoms with Gasteiger partial charge in [-0.25, -0.2) is 0 Å². The Morgan fingerprint density at radius 3 is 2.20 bits per heavy atom. The van der Waals surface area contributed by atoms with Crippen molar-refractivity contribution in [2.24, 2.45) is 0 Å². The first-order valence-corrected chi connectivity index (χ1v) is 6.61. The average Bonchev–Trinajstić information content (AvgIpc) is 2.49. The first kappa shape index (κ1) is 13.7. The van der Waals surface area contributed by atoms with Gasteiger partial charge in [-0.3, -0.25) is 0 Å². The molecule has 0 saturated heterocycles. The predicted octanol–water partition coefficient (Wildman–Crippen LogP) is 4.34. The number of benzene rings is 2. The number of hydrogen-bond acceptors (Lipinski definition) is 0. The highest BCUT2D eigenvalue weighted by molar-refractivity contribution is 5.64. The Labute approximate surface area is 121 Å². The van der Waals surface area contributed by atoms with Crippen LogP contribution in [0.1, 0.15) is 18.1 Å². The standard InChI is InChI=1S/C20H16/c1-2-10-19(17-20-13-7-4-8-14-20)16-9-15-18-11-5-3-6-12-18/h3-8,11-14,17H,15H2,1H3/b19-17+. The molecular weight excluding hydrogens is 240 g/mol. The summed E-state index contributed by atoms with van der Waals surface area (Å²) in [5, 5.41) is 0. The minimum absolute atomic E-state index is 0.748. The first-order chi connectivity index (χ1) is 9.88. The largest absolute Gasteiger partial charge is 0.101 e. The van der Waals surface area contributed by atoms with E-state index < -0.39 is 0 Å². The van der Waals surface area contributed by atoms with Crippen molar-refractivity contribution in [3.63, 3.8) is 0 Å². The number of hydrogen-bond donors (Lipinski definition) is 0. The summed E-state index contributed by atoms with van der Waals surface area (Å²) in [6, 6.07) is 20.4. The van der Waals surface area contributed by atoms with Crippen molar-refractivity contribution in [2.45, 2.75) is 13.3 Å². The fourth-order valence-electron chi connectivity index (χ4n) is 1.79. The van der Waals surface area contributed by atoms with Crippen molar-refractivity contribution < 1.29 is 0 Å². The maximum atomic E-state index is 3.19. The first-order valence-electron chi connectivity index (χ1n) is 6.61. The molecule has 0 bridgehead atoms. The molecule has 0 nitrogen and oxygen atoms in total. The molecule has 0 saturated carbocycles. The Morgan fingerprint density at radius 2 is 1.55 bits per heavy atom. The zero-order valence-electron chi connectivity index (χ0n) is 11.6. The van der Waals surface area contributed by atoms with E-state index in [1.54, 1.807) is 0 Å². The Kier molecular flexibility index (Phi) is 5.27. The van der Waals surface area contributed by atoms with E-state index >= 15 is 0 Å². The molecule has 0 aliphatic carbocycles. The maximum absolute atomic E-state index is 3.19. The van der Waals surface area contributed by atoms with Gasteiger partial charge >= 0.3 is 0 Å². The molecule has 96 valence electrons. The highest BCUT2D eigenvalue weighted by Gasteiger charge is 1.90. The molecule has 0 atom stereocenters. The van der Waals surface area contributed by atoms with E-state index in [1.165, 1.54) is 5.56 Å². The third-order valence-corrected chi connectivity index (χ3v) is 2.73. The summed E-state index contributed by atoms with van der Waals surface area (Å²) < 4.78 is 0. The molecule has 2 aromatic rings. The van der Waals surface area contributed by atoms with Crippen LogP contribution in [0.5, 0.6) is 0 Å². The van der Waals surface area contributed by atoms with Crippen LogP contribution in [0, 0.1) is 23.7 Å². The van der Waals surface area contributed by atoms with Crippen molar-refractivity contribution in [3.8, 4) is 23.7 Å². The number of rotatable bonds is 2. The summed E-state index contributed by atoms with van der Waals surface area (Å²) in [5.74, 6) is 12.3. The smallest absolute Gasteiger partial charge is 0.0749 e. The van der Waals surface area contributed by atoms with Gasteiger partial charge < -0.3 is 0 Å². The summed E-state index contributed by atoms with van der Waals surface area (Å²) in [4.78, 5) is 0. The van der Waals surface area contributed by atoms with E-state index in [9.17, 15) is 0 Å². The van der Waals surface area contributed by atoms with Gasteiger partial charge in [0.2, 0.25) is 0 Å². The second kappa shape index (κ2) is 7.67. The maximum Gasteiger partial charge on any atom is 0.0749 e. The third kappa shape index (κ3) is 4.52. The van der Waals surface area contributed by atoms with Crippen LogP contribution < -0.4 is 0 Å². The molecular formula is C20H16. The zero-order valence-corrected chi connectivity index (χ0v) is 11.6. The lowest BCUT2D eigenvalue weighted by molar-refractivity contribution is 1.32. The van der Waals surface area contributed by atoms with Gasteiger partial charge in [-0.2, -0.15) is 0 Å². The molecule has 2 aromatic carbocycles. The van der Waals surface area contributed by atoms with Crippen molar-refractivity contribution >= 4 is 6.08 Å². The Morgan fingerprint density at radius 1 is 0.900 bits per heavy atom. The van der Waals surface area contributed by atoms with Crippen LogP contribution in [0.4, 0.5) is 0 Å². The van der Waals surface area contributed by atoms with Crippen LogP contribution in [-0.4, -0.2) is 0 Å². The van der Waals surface area contributed by atoms with Crippen molar-refractivity contribution in [1.82, 2.24) is 0 Å². The lowest BCUT2D eigenvalue weighted by Gasteiger charge is -1.93. The number of allylic oxidation sites excluding steroid dienone is 1. The van der Waals surface area contributed by atoms with Gasteiger partial charge in [-0.15, -0.1) is 5.92 Å². The zero-order chi connectivity index (χ0) is 14.0. The van der Waals surface area contributed by atoms with Crippen LogP contribution in [0.25, 0.3) is 6.08 Å². The fraction of sp³-hybridized carbons (Fsp3) is 0.100. The van der Waals surface area contributed by atoms with E-state index in [-0.39, 0.29) is 0 Å². The highest BCUT2D eigenvalue weighted by Crippen LogP contribution is 2.05. The molecule has 0 heterocycles. The van der Waals surface area contributed by atoms with Crippen LogP contribution in [0.2, 0.25) is 0 Å². The van der Waals surface area contributed by atoms with Gasteiger partial charge in [-0.05, 0) is 24.1 Å². The molecule has 0 radical (unpaired) electrons. The van der Waals surface area contributed by atoms with Crippen molar-refractivity contribution in [3.05, 3.63) is 77.4 Å². The van der Waals surface area contributed by atoms with Gasteiger partial charge in [0.15, 0.2) is 0 Å². The summed E-state index contributed by atoms with van der Waals surface area (Å²) in [7, 11) is 0. The molecule has 0 aromatic heterocycles. The van der Waals surface area contributed by atoms with Crippen LogP contribution in [-0.2, 0) is 6.42 Å². The average molecular weight is 256 g/mol. The second-order valence-corrected chi connectivity index (χ2v) is 4.31. The van der Waals surface area contributed by atoms with Gasteiger partial charge in [-0.1, -0.05) is 78.4 Å². The quantitative estimate of drug-likeness (QED) is 0.701. The Hall–Kier alpha value is -2.70. The monoisotopic (exact) mass is 256 g/mol. The van der Waals surface area contributed by atoms with E-state index in [2.05, 4.69) is 47.9 Å². The predicted molar refractivity (Wildman–Crippen MR) is 85.8 cm³/mol. The van der Waals surface area contributed by atoms with Gasteiger partial charge in [0.05, 0.1) is 5.57 Å². The van der Waals surface area contributed by atoms with E-state index in [0.29, 0.717) is 0 Å². The summed E-state index contributed by atoms with van der Waals surface area (Å²) >= 11 is 0. The Balaban J connectivity index is 2.14. The summed E-state index contributed by atoms with van der Waals surface area (Å²) in [5.41, 5.74) is 3.21. The van der Waals surface area contributed by atoms with Crippen LogP contribution in [0.15, 0.2) is 66.2 Å². The topological polar surface area (TPSA) is 0 Å². The molecule has 0 spiro atoms. The van der Waals surface area contributed by atoms with Gasteiger partial charge in [0.25, 0.3) is 0 Å². The fourth-order valence-corrected chi connectivity index (χ4v) is 1.79. The molecule has 0 N–H and O–H groups in total. The Bertz CT molecular complexity index is 684. The highest BCUT2D eigenvalue weighted by atomic mass is 13.9. The molecule has 0 unspecified atom stereocenters. The van der Waals surface area contributed by atoms with Crippen LogP contribution >= 0.6 is 0 Å². The second-order valence-electron chi connectivity index (χ2n) is 4.31. The van der Waals surface area contributed by atoms with Crippen molar-refractivity contribution in [2.75, 3.05) is 0 Å². The molecule has 0 fully saturated rings. The molecule has 20 heavy (non-hydrogen) atoms. The minimum atomic E-state index is 0.748. The lowest BCUT2D eigenvalue weighted by Crippen LogP contribution is -1.81.